The van der Waals surface area contributed by atoms with Gasteiger partial charge in [-0.2, -0.15) is 5.10 Å². The van der Waals surface area contributed by atoms with Crippen LogP contribution in [0.25, 0.3) is 0 Å². The first-order valence-corrected chi connectivity index (χ1v) is 6.41. The van der Waals surface area contributed by atoms with Gasteiger partial charge in [0, 0.05) is 6.20 Å². The fourth-order valence-corrected chi connectivity index (χ4v) is 1.97. The summed E-state index contributed by atoms with van der Waals surface area (Å²) in [5.41, 5.74) is 2.58. The third-order valence-corrected chi connectivity index (χ3v) is 3.39. The van der Waals surface area contributed by atoms with E-state index < -0.39 is 0 Å². The van der Waals surface area contributed by atoms with Crippen LogP contribution in [0.3, 0.4) is 0 Å². The van der Waals surface area contributed by atoms with Gasteiger partial charge in [0.15, 0.2) is 0 Å². The number of aromatic amines is 1. The lowest BCUT2D eigenvalue weighted by Crippen LogP contribution is -2.13. The molecule has 2 aromatic rings. The lowest BCUT2D eigenvalue weighted by Gasteiger charge is -2.09. The number of aryl methyl sites for hydroxylation is 1. The lowest BCUT2D eigenvalue weighted by atomic mass is 10.1. The highest BCUT2D eigenvalue weighted by atomic mass is 79.9. The van der Waals surface area contributed by atoms with Gasteiger partial charge in [-0.05, 0) is 34.0 Å². The molecule has 0 atom stereocenters. The van der Waals surface area contributed by atoms with Gasteiger partial charge in [-0.1, -0.05) is 13.0 Å². The predicted octanol–water partition coefficient (Wildman–Crippen LogP) is 2.10. The van der Waals surface area contributed by atoms with Gasteiger partial charge in [0.25, 0.3) is 5.56 Å². The summed E-state index contributed by atoms with van der Waals surface area (Å²) in [6.07, 6.45) is 4.26. The van der Waals surface area contributed by atoms with E-state index in [4.69, 9.17) is 0 Å². The molecule has 94 valence electrons. The van der Waals surface area contributed by atoms with Crippen LogP contribution in [-0.2, 0) is 13.0 Å². The molecule has 0 radical (unpaired) electrons. The van der Waals surface area contributed by atoms with Crippen LogP contribution in [-0.4, -0.2) is 15.2 Å². The maximum absolute atomic E-state index is 11.4. The van der Waals surface area contributed by atoms with Gasteiger partial charge in [0.05, 0.1) is 24.1 Å². The summed E-state index contributed by atoms with van der Waals surface area (Å²) in [7, 11) is 0. The Bertz CT molecular complexity index is 597. The summed E-state index contributed by atoms with van der Waals surface area (Å²) in [6.45, 7) is 2.65. The highest BCUT2D eigenvalue weighted by Gasteiger charge is 2.06. The van der Waals surface area contributed by atoms with Crippen LogP contribution < -0.4 is 10.9 Å². The first-order valence-electron chi connectivity index (χ1n) is 5.62. The minimum atomic E-state index is -0.253. The molecule has 0 saturated carbocycles. The number of H-pyrrole nitrogens is 1. The first kappa shape index (κ1) is 12.8. The second-order valence-corrected chi connectivity index (χ2v) is 4.54. The fraction of sp³-hybridized carbons (Fsp3) is 0.250. The third-order valence-electron chi connectivity index (χ3n) is 2.61. The molecule has 0 aromatic carbocycles. The Morgan fingerprint density at radius 2 is 2.33 bits per heavy atom. The summed E-state index contributed by atoms with van der Waals surface area (Å²) < 4.78 is 0.450. The molecule has 2 aromatic heterocycles. The van der Waals surface area contributed by atoms with E-state index in [0.29, 0.717) is 16.7 Å². The number of aromatic nitrogens is 3. The smallest absolute Gasteiger partial charge is 0.280 e. The van der Waals surface area contributed by atoms with Crippen molar-refractivity contribution in [2.24, 2.45) is 0 Å². The number of nitrogens with one attached hydrogen (secondary N) is 2. The second-order valence-electron chi connectivity index (χ2n) is 3.74. The topological polar surface area (TPSA) is 70.7 Å². The van der Waals surface area contributed by atoms with Crippen LogP contribution in [0, 0.1) is 0 Å². The summed E-state index contributed by atoms with van der Waals surface area (Å²) in [6, 6.07) is 3.97. The molecule has 0 aliphatic heterocycles. The number of nitrogens with zero attached hydrogens (tertiary/aromatic N) is 2. The average molecular weight is 309 g/mol. The molecule has 0 bridgehead atoms. The number of pyridine rings is 1. The van der Waals surface area contributed by atoms with Gasteiger partial charge < -0.3 is 5.32 Å². The highest BCUT2D eigenvalue weighted by Crippen LogP contribution is 2.17. The predicted molar refractivity (Wildman–Crippen MR) is 73.5 cm³/mol. The summed E-state index contributed by atoms with van der Waals surface area (Å²) in [4.78, 5) is 15.7. The van der Waals surface area contributed by atoms with Gasteiger partial charge in [-0.25, -0.2) is 5.10 Å². The van der Waals surface area contributed by atoms with Crippen molar-refractivity contribution >= 4 is 21.6 Å². The number of halogens is 1. The number of anilines is 1. The zero-order valence-electron chi connectivity index (χ0n) is 9.90. The molecule has 0 fully saturated rings. The molecule has 0 aliphatic rings. The van der Waals surface area contributed by atoms with Crippen LogP contribution in [0.1, 0.15) is 18.2 Å². The largest absolute Gasteiger partial charge is 0.377 e. The molecule has 2 heterocycles. The van der Waals surface area contributed by atoms with Crippen molar-refractivity contribution in [3.8, 4) is 0 Å². The van der Waals surface area contributed by atoms with Crippen molar-refractivity contribution in [3.63, 3.8) is 0 Å². The first-order chi connectivity index (χ1) is 8.72. The Morgan fingerprint density at radius 3 is 3.11 bits per heavy atom. The van der Waals surface area contributed by atoms with Crippen LogP contribution in [0.2, 0.25) is 0 Å². The Kier molecular flexibility index (Phi) is 4.09. The quantitative estimate of drug-likeness (QED) is 0.907. The SMILES string of the molecule is CCc1cccnc1CNc1cn[nH]c(=O)c1Br. The summed E-state index contributed by atoms with van der Waals surface area (Å²) >= 11 is 3.22. The van der Waals surface area contributed by atoms with Crippen LogP contribution in [0.4, 0.5) is 5.69 Å². The molecule has 18 heavy (non-hydrogen) atoms. The van der Waals surface area contributed by atoms with Crippen LogP contribution in [0.5, 0.6) is 0 Å². The van der Waals surface area contributed by atoms with Crippen molar-refractivity contribution in [2.45, 2.75) is 19.9 Å². The average Bonchev–Trinajstić information content (AvgIpc) is 2.41. The molecular weight excluding hydrogens is 296 g/mol. The normalized spacial score (nSPS) is 10.3. The van der Waals surface area contributed by atoms with E-state index in [-0.39, 0.29) is 5.56 Å². The minimum Gasteiger partial charge on any atom is -0.377 e. The zero-order chi connectivity index (χ0) is 13.0. The Labute approximate surface area is 113 Å². The standard InChI is InChI=1S/C12H13BrN4O/c1-2-8-4-3-5-14-9(8)6-15-10-7-16-17-12(18)11(10)13/h3-5,7H,2,6H2,1H3,(H2,15,17,18). The van der Waals surface area contributed by atoms with Crippen LogP contribution >= 0.6 is 15.9 Å². The van der Waals surface area contributed by atoms with Gasteiger partial charge in [0.2, 0.25) is 0 Å². The van der Waals surface area contributed by atoms with E-state index in [1.54, 1.807) is 12.4 Å². The van der Waals surface area contributed by atoms with Gasteiger partial charge >= 0.3 is 0 Å². The molecule has 0 unspecified atom stereocenters. The molecule has 5 nitrogen and oxygen atoms in total. The van der Waals surface area contributed by atoms with Crippen molar-refractivity contribution in [3.05, 3.63) is 50.6 Å². The Hall–Kier alpha value is -1.69. The minimum absolute atomic E-state index is 0.253. The van der Waals surface area contributed by atoms with Crippen molar-refractivity contribution in [2.75, 3.05) is 5.32 Å². The fourth-order valence-electron chi connectivity index (χ4n) is 1.64. The molecule has 2 rings (SSSR count). The van der Waals surface area contributed by atoms with Gasteiger partial charge in [0.1, 0.15) is 4.47 Å². The molecule has 6 heteroatoms. The Morgan fingerprint density at radius 1 is 1.50 bits per heavy atom. The monoisotopic (exact) mass is 308 g/mol. The maximum Gasteiger partial charge on any atom is 0.280 e. The third kappa shape index (κ3) is 2.76. The molecular formula is C12H13BrN4O. The molecule has 0 spiro atoms. The second kappa shape index (κ2) is 5.77. The number of hydrogen-bond donors (Lipinski definition) is 2. The molecule has 0 amide bonds. The van der Waals surface area contributed by atoms with Crippen molar-refractivity contribution < 1.29 is 0 Å². The molecule has 0 saturated heterocycles. The highest BCUT2D eigenvalue weighted by molar-refractivity contribution is 9.10. The van der Waals surface area contributed by atoms with Gasteiger partial charge in [-0.15, -0.1) is 0 Å². The van der Waals surface area contributed by atoms with E-state index in [1.807, 2.05) is 6.07 Å². The summed E-state index contributed by atoms with van der Waals surface area (Å²) in [5, 5.41) is 9.26. The lowest BCUT2D eigenvalue weighted by molar-refractivity contribution is 0.946. The van der Waals surface area contributed by atoms with E-state index in [0.717, 1.165) is 12.1 Å². The van der Waals surface area contributed by atoms with Gasteiger partial charge in [-0.3, -0.25) is 9.78 Å². The molecule has 2 N–H and O–H groups in total. The number of hydrogen-bond acceptors (Lipinski definition) is 4. The summed E-state index contributed by atoms with van der Waals surface area (Å²) in [5.74, 6) is 0. The van der Waals surface area contributed by atoms with E-state index in [9.17, 15) is 4.79 Å². The van der Waals surface area contributed by atoms with Crippen molar-refractivity contribution in [1.82, 2.24) is 15.2 Å². The van der Waals surface area contributed by atoms with E-state index in [2.05, 4.69) is 49.4 Å². The zero-order valence-corrected chi connectivity index (χ0v) is 11.5. The number of rotatable bonds is 4. The Balaban J connectivity index is 2.16. The molecule has 0 aliphatic carbocycles. The van der Waals surface area contributed by atoms with Crippen molar-refractivity contribution in [1.29, 1.82) is 0 Å². The maximum atomic E-state index is 11.4. The van der Waals surface area contributed by atoms with E-state index >= 15 is 0 Å². The van der Waals surface area contributed by atoms with E-state index in [1.165, 1.54) is 5.56 Å². The van der Waals surface area contributed by atoms with Crippen LogP contribution in [0.15, 0.2) is 33.8 Å².